The first-order chi connectivity index (χ1) is 7.52. The minimum Gasteiger partial charge on any atom is -0.476 e. The zero-order chi connectivity index (χ0) is 11.9. The molecule has 0 amide bonds. The van der Waals surface area contributed by atoms with Crippen LogP contribution < -0.4 is 0 Å². The second-order valence-corrected chi connectivity index (χ2v) is 3.08. The van der Waals surface area contributed by atoms with Gasteiger partial charge in [-0.3, -0.25) is 10.1 Å². The van der Waals surface area contributed by atoms with Gasteiger partial charge in [0.15, 0.2) is 11.5 Å². The molecule has 16 heavy (non-hydrogen) atoms. The Bertz CT molecular complexity index is 605. The predicted molar refractivity (Wildman–Crippen MR) is 51.9 cm³/mol. The molecule has 0 saturated carbocycles. The molecule has 0 aliphatic heterocycles. The second-order valence-electron chi connectivity index (χ2n) is 3.08. The average Bonchev–Trinajstić information content (AvgIpc) is 2.56. The second kappa shape index (κ2) is 3.30. The van der Waals surface area contributed by atoms with Crippen molar-refractivity contribution in [1.29, 1.82) is 0 Å². The number of halogens is 1. The quantitative estimate of drug-likeness (QED) is 0.601. The third kappa shape index (κ3) is 1.29. The first kappa shape index (κ1) is 10.1. The molecule has 0 unspecified atom stereocenters. The average molecular weight is 224 g/mol. The van der Waals surface area contributed by atoms with E-state index in [-0.39, 0.29) is 16.6 Å². The third-order valence-electron chi connectivity index (χ3n) is 2.16. The number of nitro benzene ring substituents is 1. The summed E-state index contributed by atoms with van der Waals surface area (Å²) >= 11 is 0. The Morgan fingerprint density at radius 1 is 1.50 bits per heavy atom. The number of fused-ring (bicyclic) bond motifs is 1. The summed E-state index contributed by atoms with van der Waals surface area (Å²) in [6.45, 7) is 0. The highest BCUT2D eigenvalue weighted by Gasteiger charge is 2.22. The summed E-state index contributed by atoms with van der Waals surface area (Å²) in [5, 5.41) is 19.2. The van der Waals surface area contributed by atoms with Crippen molar-refractivity contribution in [3.05, 3.63) is 39.8 Å². The maximum Gasteiger partial charge on any atom is 0.355 e. The Labute approximate surface area is 87.5 Å². The van der Waals surface area contributed by atoms with Crippen LogP contribution in [-0.2, 0) is 0 Å². The molecule has 1 aromatic heterocycles. The Morgan fingerprint density at radius 2 is 2.19 bits per heavy atom. The first-order valence-electron chi connectivity index (χ1n) is 4.20. The van der Waals surface area contributed by atoms with Crippen LogP contribution >= 0.6 is 0 Å². The molecule has 1 aromatic carbocycles. The van der Waals surface area contributed by atoms with E-state index in [1.165, 1.54) is 18.2 Å². The van der Waals surface area contributed by atoms with E-state index in [0.717, 1.165) is 0 Å². The van der Waals surface area contributed by atoms with Gasteiger partial charge in [-0.2, -0.15) is 0 Å². The maximum atomic E-state index is 13.5. The Kier molecular flexibility index (Phi) is 2.08. The number of aromatic carboxylic acids is 1. The zero-order valence-electron chi connectivity index (χ0n) is 7.73. The van der Waals surface area contributed by atoms with Gasteiger partial charge in [-0.1, -0.05) is 6.07 Å². The molecule has 7 heteroatoms. The number of carboxylic acid groups (broad SMARTS) is 1. The van der Waals surface area contributed by atoms with E-state index < -0.39 is 22.4 Å². The highest BCUT2D eigenvalue weighted by atomic mass is 19.1. The van der Waals surface area contributed by atoms with Crippen molar-refractivity contribution in [2.75, 3.05) is 0 Å². The van der Waals surface area contributed by atoms with Gasteiger partial charge in [0, 0.05) is 11.5 Å². The number of hydrogen-bond donors (Lipinski definition) is 2. The molecule has 2 aromatic rings. The van der Waals surface area contributed by atoms with Gasteiger partial charge in [-0.15, -0.1) is 0 Å². The Morgan fingerprint density at radius 3 is 2.75 bits per heavy atom. The fourth-order valence-corrected chi connectivity index (χ4v) is 1.47. The van der Waals surface area contributed by atoms with Crippen LogP contribution in [0.1, 0.15) is 10.5 Å². The summed E-state index contributed by atoms with van der Waals surface area (Å²) in [4.78, 5) is 22.7. The number of non-ortho nitro benzene ring substituents is 1. The van der Waals surface area contributed by atoms with Gasteiger partial charge in [0.25, 0.3) is 5.69 Å². The standard InChI is InChI=1S/C9H5FN2O4/c10-6-4-2-1-3-5(12(15)16)7(4)11-8(6)9(13)14/h1-3,11H,(H,13,14). The molecule has 0 aliphatic carbocycles. The number of para-hydroxylation sites is 1. The van der Waals surface area contributed by atoms with Gasteiger partial charge in [-0.05, 0) is 6.07 Å². The fraction of sp³-hybridized carbons (Fsp3) is 0. The van der Waals surface area contributed by atoms with E-state index in [1.807, 2.05) is 0 Å². The molecule has 0 spiro atoms. The molecule has 0 aliphatic rings. The van der Waals surface area contributed by atoms with Crippen LogP contribution in [0, 0.1) is 15.9 Å². The molecule has 0 radical (unpaired) electrons. The van der Waals surface area contributed by atoms with Crippen LogP contribution in [-0.4, -0.2) is 21.0 Å². The smallest absolute Gasteiger partial charge is 0.355 e. The number of nitro groups is 1. The first-order valence-corrected chi connectivity index (χ1v) is 4.20. The van der Waals surface area contributed by atoms with Crippen LogP contribution in [0.3, 0.4) is 0 Å². The van der Waals surface area contributed by atoms with Gasteiger partial charge in [0.1, 0.15) is 5.52 Å². The van der Waals surface area contributed by atoms with Crippen LogP contribution in [0.5, 0.6) is 0 Å². The number of nitrogens with zero attached hydrogens (tertiary/aromatic N) is 1. The van der Waals surface area contributed by atoms with Crippen molar-refractivity contribution in [2.45, 2.75) is 0 Å². The van der Waals surface area contributed by atoms with Crippen molar-refractivity contribution >= 4 is 22.6 Å². The van der Waals surface area contributed by atoms with Crippen LogP contribution in [0.2, 0.25) is 0 Å². The minimum atomic E-state index is -1.50. The number of carbonyl (C=O) groups is 1. The summed E-state index contributed by atoms with van der Waals surface area (Å²) < 4.78 is 13.5. The van der Waals surface area contributed by atoms with Crippen molar-refractivity contribution in [1.82, 2.24) is 4.98 Å². The number of nitrogens with one attached hydrogen (secondary N) is 1. The summed E-state index contributed by atoms with van der Waals surface area (Å²) in [5.41, 5.74) is -1.16. The maximum absolute atomic E-state index is 13.5. The highest BCUT2D eigenvalue weighted by molar-refractivity contribution is 5.97. The number of aromatic nitrogens is 1. The third-order valence-corrected chi connectivity index (χ3v) is 2.16. The van der Waals surface area contributed by atoms with E-state index in [4.69, 9.17) is 5.11 Å². The number of rotatable bonds is 2. The van der Waals surface area contributed by atoms with Crippen LogP contribution in [0.15, 0.2) is 18.2 Å². The lowest BCUT2D eigenvalue weighted by molar-refractivity contribution is -0.383. The lowest BCUT2D eigenvalue weighted by Crippen LogP contribution is -1.98. The predicted octanol–water partition coefficient (Wildman–Crippen LogP) is 1.91. The van der Waals surface area contributed by atoms with Gasteiger partial charge in [0.2, 0.25) is 0 Å². The molecule has 2 rings (SSSR count). The van der Waals surface area contributed by atoms with Crippen LogP contribution in [0.25, 0.3) is 10.9 Å². The van der Waals surface area contributed by atoms with E-state index in [9.17, 15) is 19.3 Å². The fourth-order valence-electron chi connectivity index (χ4n) is 1.47. The van der Waals surface area contributed by atoms with Crippen molar-refractivity contribution in [2.24, 2.45) is 0 Å². The Hall–Kier alpha value is -2.44. The molecule has 0 fully saturated rings. The summed E-state index contributed by atoms with van der Waals surface area (Å²) in [7, 11) is 0. The van der Waals surface area contributed by atoms with Crippen LogP contribution in [0.4, 0.5) is 10.1 Å². The monoisotopic (exact) mass is 224 g/mol. The van der Waals surface area contributed by atoms with E-state index in [1.54, 1.807) is 0 Å². The van der Waals surface area contributed by atoms with E-state index >= 15 is 0 Å². The number of benzene rings is 1. The molecule has 82 valence electrons. The number of hydrogen-bond acceptors (Lipinski definition) is 3. The number of aromatic amines is 1. The largest absolute Gasteiger partial charge is 0.476 e. The Balaban J connectivity index is 2.85. The molecule has 0 bridgehead atoms. The van der Waals surface area contributed by atoms with E-state index in [2.05, 4.69) is 4.98 Å². The molecule has 1 heterocycles. The molecule has 2 N–H and O–H groups in total. The van der Waals surface area contributed by atoms with Crippen molar-refractivity contribution in [3.63, 3.8) is 0 Å². The lowest BCUT2D eigenvalue weighted by atomic mass is 10.2. The molecular formula is C9H5FN2O4. The van der Waals surface area contributed by atoms with Gasteiger partial charge < -0.3 is 10.1 Å². The SMILES string of the molecule is O=C(O)c1[nH]c2c([N+](=O)[O-])cccc2c1F. The van der Waals surface area contributed by atoms with Crippen molar-refractivity contribution in [3.8, 4) is 0 Å². The van der Waals surface area contributed by atoms with E-state index in [0.29, 0.717) is 0 Å². The molecule has 6 nitrogen and oxygen atoms in total. The topological polar surface area (TPSA) is 96.2 Å². The summed E-state index contributed by atoms with van der Waals surface area (Å²) in [5.74, 6) is -2.49. The number of H-pyrrole nitrogens is 1. The molecule has 0 atom stereocenters. The lowest BCUT2D eigenvalue weighted by Gasteiger charge is -1.92. The highest BCUT2D eigenvalue weighted by Crippen LogP contribution is 2.28. The van der Waals surface area contributed by atoms with Crippen molar-refractivity contribution < 1.29 is 19.2 Å². The summed E-state index contributed by atoms with van der Waals surface area (Å²) in [6, 6.07) is 3.74. The molecule has 0 saturated heterocycles. The van der Waals surface area contributed by atoms with Gasteiger partial charge in [0.05, 0.1) is 4.92 Å². The zero-order valence-corrected chi connectivity index (χ0v) is 7.73. The van der Waals surface area contributed by atoms with Gasteiger partial charge in [-0.25, -0.2) is 9.18 Å². The molecular weight excluding hydrogens is 219 g/mol. The summed E-state index contributed by atoms with van der Waals surface area (Å²) in [6.07, 6.45) is 0. The van der Waals surface area contributed by atoms with Gasteiger partial charge >= 0.3 is 5.97 Å². The normalized spacial score (nSPS) is 10.6. The minimum absolute atomic E-state index is 0.105. The number of carboxylic acids is 1.